The van der Waals surface area contributed by atoms with Gasteiger partial charge in [-0.15, -0.1) is 0 Å². The molecule has 1 N–H and O–H groups in total. The van der Waals surface area contributed by atoms with Crippen LogP contribution < -0.4 is 5.32 Å². The summed E-state index contributed by atoms with van der Waals surface area (Å²) < 4.78 is 0. The largest absolute Gasteiger partial charge is 0.354 e. The summed E-state index contributed by atoms with van der Waals surface area (Å²) in [4.78, 5) is 10.8. The van der Waals surface area contributed by atoms with Gasteiger partial charge in [-0.1, -0.05) is 13.8 Å². The molecule has 0 heterocycles. The molecule has 0 spiro atoms. The van der Waals surface area contributed by atoms with Crippen molar-refractivity contribution < 1.29 is 4.79 Å². The normalized spacial score (nSPS) is 28.9. The second-order valence-corrected chi connectivity index (χ2v) is 4.56. The molecular weight excluding hydrogens is 162 g/mol. The first kappa shape index (κ1) is 10.6. The Morgan fingerprint density at radius 1 is 1.23 bits per heavy atom. The van der Waals surface area contributed by atoms with Crippen LogP contribution in [0.4, 0.5) is 0 Å². The first-order valence-electron chi connectivity index (χ1n) is 5.36. The third kappa shape index (κ3) is 3.37. The Kier molecular flexibility index (Phi) is 3.76. The molecule has 1 amide bonds. The number of carbonyl (C=O) groups excluding carboxylic acids is 1. The number of hydrogen-bond donors (Lipinski definition) is 1. The lowest BCUT2D eigenvalue weighted by atomic mass is 9.80. The highest BCUT2D eigenvalue weighted by Crippen LogP contribution is 2.29. The summed E-state index contributed by atoms with van der Waals surface area (Å²) in [6, 6.07) is 0.451. The number of carbonyl (C=O) groups is 1. The van der Waals surface area contributed by atoms with E-state index < -0.39 is 0 Å². The van der Waals surface area contributed by atoms with Crippen molar-refractivity contribution in [3.8, 4) is 0 Å². The molecule has 2 nitrogen and oxygen atoms in total. The highest BCUT2D eigenvalue weighted by Gasteiger charge is 2.23. The maximum absolute atomic E-state index is 10.8. The second-order valence-electron chi connectivity index (χ2n) is 4.56. The number of amides is 1. The van der Waals surface area contributed by atoms with Gasteiger partial charge in [0.25, 0.3) is 0 Å². The van der Waals surface area contributed by atoms with E-state index in [9.17, 15) is 4.79 Å². The third-order valence-electron chi connectivity index (χ3n) is 3.12. The van der Waals surface area contributed by atoms with Gasteiger partial charge < -0.3 is 5.32 Å². The molecular formula is C11H21NO. The molecule has 1 fully saturated rings. The molecule has 0 saturated heterocycles. The summed E-state index contributed by atoms with van der Waals surface area (Å²) in [7, 11) is 0. The lowest BCUT2D eigenvalue weighted by molar-refractivity contribution is -0.119. The van der Waals surface area contributed by atoms with Crippen molar-refractivity contribution in [2.75, 3.05) is 0 Å². The quantitative estimate of drug-likeness (QED) is 0.699. The van der Waals surface area contributed by atoms with Gasteiger partial charge in [-0.3, -0.25) is 4.79 Å². The van der Waals surface area contributed by atoms with E-state index in [0.717, 1.165) is 11.8 Å². The predicted molar refractivity (Wildman–Crippen MR) is 54.4 cm³/mol. The molecule has 0 atom stereocenters. The Hall–Kier alpha value is -0.530. The minimum Gasteiger partial charge on any atom is -0.354 e. The van der Waals surface area contributed by atoms with Crippen LogP contribution >= 0.6 is 0 Å². The fraction of sp³-hybridized carbons (Fsp3) is 0.909. The Morgan fingerprint density at radius 2 is 1.77 bits per heavy atom. The van der Waals surface area contributed by atoms with Gasteiger partial charge in [0.1, 0.15) is 0 Å². The van der Waals surface area contributed by atoms with E-state index in [1.165, 1.54) is 25.7 Å². The average molecular weight is 183 g/mol. The smallest absolute Gasteiger partial charge is 0.217 e. The van der Waals surface area contributed by atoms with Crippen LogP contribution in [0.15, 0.2) is 0 Å². The summed E-state index contributed by atoms with van der Waals surface area (Å²) in [5.74, 6) is 1.80. The zero-order valence-corrected chi connectivity index (χ0v) is 8.97. The summed E-state index contributed by atoms with van der Waals surface area (Å²) in [5.41, 5.74) is 0. The van der Waals surface area contributed by atoms with Crippen LogP contribution in [0.1, 0.15) is 46.5 Å². The molecule has 0 unspecified atom stereocenters. The van der Waals surface area contributed by atoms with Gasteiger partial charge >= 0.3 is 0 Å². The van der Waals surface area contributed by atoms with Gasteiger partial charge in [0, 0.05) is 13.0 Å². The van der Waals surface area contributed by atoms with E-state index in [4.69, 9.17) is 0 Å². The molecule has 76 valence electrons. The minimum absolute atomic E-state index is 0.119. The van der Waals surface area contributed by atoms with E-state index in [0.29, 0.717) is 6.04 Å². The highest BCUT2D eigenvalue weighted by atomic mass is 16.1. The first-order valence-corrected chi connectivity index (χ1v) is 5.36. The number of rotatable bonds is 2. The molecule has 0 aromatic carbocycles. The van der Waals surface area contributed by atoms with Gasteiger partial charge in [-0.05, 0) is 37.5 Å². The van der Waals surface area contributed by atoms with Crippen LogP contribution in [0.2, 0.25) is 0 Å². The molecule has 1 aliphatic carbocycles. The van der Waals surface area contributed by atoms with Gasteiger partial charge in [0.2, 0.25) is 5.91 Å². The van der Waals surface area contributed by atoms with Gasteiger partial charge in [-0.25, -0.2) is 0 Å². The molecule has 1 rings (SSSR count). The predicted octanol–water partition coefficient (Wildman–Crippen LogP) is 2.34. The topological polar surface area (TPSA) is 29.1 Å². The van der Waals surface area contributed by atoms with Crippen molar-refractivity contribution in [1.29, 1.82) is 0 Å². The van der Waals surface area contributed by atoms with E-state index in [1.807, 2.05) is 0 Å². The number of hydrogen-bond acceptors (Lipinski definition) is 1. The Morgan fingerprint density at radius 3 is 2.15 bits per heavy atom. The van der Waals surface area contributed by atoms with Crippen LogP contribution in [-0.4, -0.2) is 11.9 Å². The third-order valence-corrected chi connectivity index (χ3v) is 3.12. The van der Waals surface area contributed by atoms with E-state index in [1.54, 1.807) is 6.92 Å². The van der Waals surface area contributed by atoms with Crippen LogP contribution in [0.25, 0.3) is 0 Å². The SMILES string of the molecule is CC(=O)N[C@H]1CC[C@H](C(C)C)CC1. The van der Waals surface area contributed by atoms with Gasteiger partial charge in [0.15, 0.2) is 0 Å². The van der Waals surface area contributed by atoms with Crippen molar-refractivity contribution >= 4 is 5.91 Å². The van der Waals surface area contributed by atoms with Crippen molar-refractivity contribution in [3.05, 3.63) is 0 Å². The molecule has 1 aliphatic rings. The lowest BCUT2D eigenvalue weighted by Gasteiger charge is -2.31. The van der Waals surface area contributed by atoms with Crippen LogP contribution in [-0.2, 0) is 4.79 Å². The van der Waals surface area contributed by atoms with E-state index >= 15 is 0 Å². The van der Waals surface area contributed by atoms with E-state index in [-0.39, 0.29) is 5.91 Å². The lowest BCUT2D eigenvalue weighted by Crippen LogP contribution is -2.36. The molecule has 1 saturated carbocycles. The van der Waals surface area contributed by atoms with Gasteiger partial charge in [0.05, 0.1) is 0 Å². The molecule has 0 bridgehead atoms. The van der Waals surface area contributed by atoms with Crippen molar-refractivity contribution in [2.45, 2.75) is 52.5 Å². The van der Waals surface area contributed by atoms with Crippen LogP contribution in [0.3, 0.4) is 0 Å². The molecule has 0 aromatic heterocycles. The Bertz CT molecular complexity index is 169. The summed E-state index contributed by atoms with van der Waals surface area (Å²) in [6.45, 7) is 6.20. The summed E-state index contributed by atoms with van der Waals surface area (Å²) in [6.07, 6.45) is 4.90. The molecule has 0 radical (unpaired) electrons. The molecule has 2 heteroatoms. The maximum atomic E-state index is 10.8. The average Bonchev–Trinajstić information content (AvgIpc) is 2.04. The van der Waals surface area contributed by atoms with Crippen LogP contribution in [0.5, 0.6) is 0 Å². The molecule has 0 aromatic rings. The fourth-order valence-corrected chi connectivity index (χ4v) is 2.22. The number of nitrogens with one attached hydrogen (secondary N) is 1. The fourth-order valence-electron chi connectivity index (χ4n) is 2.22. The standard InChI is InChI=1S/C11H21NO/c1-8(2)10-4-6-11(7-5-10)12-9(3)13/h8,10-11H,4-7H2,1-3H3,(H,12,13)/t10-,11-. The van der Waals surface area contributed by atoms with E-state index in [2.05, 4.69) is 19.2 Å². The monoisotopic (exact) mass is 183 g/mol. The molecule has 13 heavy (non-hydrogen) atoms. The van der Waals surface area contributed by atoms with Crippen LogP contribution in [0, 0.1) is 11.8 Å². The van der Waals surface area contributed by atoms with Crippen molar-refractivity contribution in [3.63, 3.8) is 0 Å². The van der Waals surface area contributed by atoms with Crippen molar-refractivity contribution in [1.82, 2.24) is 5.32 Å². The Labute approximate surface area is 81.1 Å². The highest BCUT2D eigenvalue weighted by molar-refractivity contribution is 5.73. The Balaban J connectivity index is 2.26. The first-order chi connectivity index (χ1) is 6.09. The minimum atomic E-state index is 0.119. The zero-order chi connectivity index (χ0) is 9.84. The van der Waals surface area contributed by atoms with Gasteiger partial charge in [-0.2, -0.15) is 0 Å². The maximum Gasteiger partial charge on any atom is 0.217 e. The zero-order valence-electron chi connectivity index (χ0n) is 8.97. The summed E-state index contributed by atoms with van der Waals surface area (Å²) >= 11 is 0. The van der Waals surface area contributed by atoms with Crippen molar-refractivity contribution in [2.24, 2.45) is 11.8 Å². The second kappa shape index (κ2) is 4.64. The molecule has 0 aliphatic heterocycles. The summed E-state index contributed by atoms with van der Waals surface area (Å²) in [5, 5.41) is 3.00.